The third kappa shape index (κ3) is 4.53. The van der Waals surface area contributed by atoms with E-state index in [9.17, 15) is 9.18 Å². The fourth-order valence-electron chi connectivity index (χ4n) is 3.46. The third-order valence-corrected chi connectivity index (χ3v) is 5.62. The molecular weight excluding hydrogens is 451 g/mol. The molecule has 156 valence electrons. The van der Waals surface area contributed by atoms with Gasteiger partial charge in [0.2, 0.25) is 0 Å². The van der Waals surface area contributed by atoms with Gasteiger partial charge in [0, 0.05) is 23.0 Å². The number of anilines is 1. The molecule has 0 spiro atoms. The van der Waals surface area contributed by atoms with Gasteiger partial charge in [0.1, 0.15) is 17.4 Å². The van der Waals surface area contributed by atoms with Gasteiger partial charge in [-0.25, -0.2) is 4.39 Å². The Balaban J connectivity index is 1.51. The van der Waals surface area contributed by atoms with Crippen LogP contribution in [0.15, 0.2) is 46.9 Å². The fourth-order valence-corrected chi connectivity index (χ4v) is 3.73. The maximum Gasteiger partial charge on any atom is 0.265 e. The summed E-state index contributed by atoms with van der Waals surface area (Å²) in [4.78, 5) is 12.6. The number of nitrogens with zero attached hydrogens (tertiary/aromatic N) is 3. The van der Waals surface area contributed by atoms with Gasteiger partial charge in [-0.1, -0.05) is 22.4 Å². The summed E-state index contributed by atoms with van der Waals surface area (Å²) in [5, 5.41) is 11.2. The van der Waals surface area contributed by atoms with Crippen molar-refractivity contribution >= 4 is 27.5 Å². The van der Waals surface area contributed by atoms with Crippen LogP contribution in [0.5, 0.6) is 5.75 Å². The second-order valence-corrected chi connectivity index (χ2v) is 8.22. The predicted molar refractivity (Wildman–Crippen MR) is 116 cm³/mol. The van der Waals surface area contributed by atoms with Gasteiger partial charge in [0.15, 0.2) is 11.9 Å². The number of carbonyl (C=O) groups is 1. The van der Waals surface area contributed by atoms with Gasteiger partial charge in [-0.3, -0.25) is 4.79 Å². The maximum atomic E-state index is 14.4. The van der Waals surface area contributed by atoms with Gasteiger partial charge in [-0.05, 0) is 62.2 Å². The highest BCUT2D eigenvalue weighted by molar-refractivity contribution is 9.10. The Morgan fingerprint density at radius 3 is 2.77 bits per heavy atom. The first-order valence-corrected chi connectivity index (χ1v) is 10.8. The molecule has 2 heterocycles. The number of halogens is 2. The number of fused-ring (bicyclic) bond motifs is 1. The lowest BCUT2D eigenvalue weighted by molar-refractivity contribution is -0.122. The molecule has 0 fully saturated rings. The van der Waals surface area contributed by atoms with Crippen LogP contribution < -0.4 is 10.1 Å². The van der Waals surface area contributed by atoms with Crippen molar-refractivity contribution in [2.24, 2.45) is 0 Å². The molecule has 1 unspecified atom stereocenters. The van der Waals surface area contributed by atoms with E-state index in [4.69, 9.17) is 4.74 Å². The molecule has 1 aliphatic heterocycles. The molecule has 0 bridgehead atoms. The average Bonchev–Trinajstić information content (AvgIpc) is 2.99. The normalized spacial score (nSPS) is 14.5. The summed E-state index contributed by atoms with van der Waals surface area (Å²) >= 11 is 3.36. The van der Waals surface area contributed by atoms with E-state index < -0.39 is 17.8 Å². The number of aromatic nitrogens is 3. The fraction of sp³-hybridized carbons (Fsp3) is 0.318. The van der Waals surface area contributed by atoms with Gasteiger partial charge in [0.05, 0.1) is 5.69 Å². The zero-order valence-corrected chi connectivity index (χ0v) is 18.2. The summed E-state index contributed by atoms with van der Waals surface area (Å²) in [5.74, 6) is 1.25. The monoisotopic (exact) mass is 472 g/mol. The second-order valence-electron chi connectivity index (χ2n) is 7.30. The quantitative estimate of drug-likeness (QED) is 0.568. The van der Waals surface area contributed by atoms with Crippen molar-refractivity contribution in [2.75, 3.05) is 5.32 Å². The van der Waals surface area contributed by atoms with Crippen LogP contribution in [0.1, 0.15) is 32.0 Å². The van der Waals surface area contributed by atoms with Crippen molar-refractivity contribution in [1.82, 2.24) is 14.8 Å². The molecule has 1 N–H and O–H groups in total. The van der Waals surface area contributed by atoms with Crippen LogP contribution in [0, 0.1) is 5.82 Å². The Morgan fingerprint density at radius 1 is 1.17 bits per heavy atom. The molecule has 1 aliphatic rings. The number of ether oxygens (including phenoxy) is 1. The van der Waals surface area contributed by atoms with Crippen LogP contribution in [-0.4, -0.2) is 26.8 Å². The standard InChI is InChI=1S/C22H22BrFN4O2/c1-14(30-17-9-7-16(23)8-10-17)22(29)25-19-13-15(6-11-18(19)24)21-27-26-20-5-3-2-4-12-28(20)21/h6-11,13-14H,2-5,12H2,1H3,(H,25,29). The number of aryl methyl sites for hydroxylation is 1. The van der Waals surface area contributed by atoms with E-state index >= 15 is 0 Å². The number of benzene rings is 2. The first-order valence-electron chi connectivity index (χ1n) is 9.96. The summed E-state index contributed by atoms with van der Waals surface area (Å²) in [5.41, 5.74) is 0.809. The van der Waals surface area contributed by atoms with Crippen LogP contribution in [0.3, 0.4) is 0 Å². The molecule has 0 radical (unpaired) electrons. The third-order valence-electron chi connectivity index (χ3n) is 5.09. The molecule has 1 aromatic heterocycles. The number of hydrogen-bond donors (Lipinski definition) is 1. The first-order chi connectivity index (χ1) is 14.5. The van der Waals surface area contributed by atoms with Crippen LogP contribution in [-0.2, 0) is 17.8 Å². The summed E-state index contributed by atoms with van der Waals surface area (Å²) in [7, 11) is 0. The van der Waals surface area contributed by atoms with Crippen LogP contribution in [0.2, 0.25) is 0 Å². The Hall–Kier alpha value is -2.74. The van der Waals surface area contributed by atoms with Crippen molar-refractivity contribution < 1.29 is 13.9 Å². The van der Waals surface area contributed by atoms with Crippen LogP contribution >= 0.6 is 15.9 Å². The largest absolute Gasteiger partial charge is 0.481 e. The second kappa shape index (κ2) is 8.95. The van der Waals surface area contributed by atoms with Gasteiger partial charge >= 0.3 is 0 Å². The van der Waals surface area contributed by atoms with Crippen LogP contribution in [0.25, 0.3) is 11.4 Å². The predicted octanol–water partition coefficient (Wildman–Crippen LogP) is 4.98. The highest BCUT2D eigenvalue weighted by atomic mass is 79.9. The van der Waals surface area contributed by atoms with Gasteiger partial charge in [-0.2, -0.15) is 0 Å². The molecule has 8 heteroatoms. The summed E-state index contributed by atoms with van der Waals surface area (Å²) in [6, 6.07) is 11.8. The highest BCUT2D eigenvalue weighted by Crippen LogP contribution is 2.27. The van der Waals surface area contributed by atoms with E-state index in [0.717, 1.165) is 42.5 Å². The lowest BCUT2D eigenvalue weighted by Crippen LogP contribution is -2.30. The first kappa shape index (κ1) is 20.5. The minimum absolute atomic E-state index is 0.0923. The zero-order valence-electron chi connectivity index (χ0n) is 16.6. The lowest BCUT2D eigenvalue weighted by atomic mass is 10.1. The van der Waals surface area contributed by atoms with Crippen molar-refractivity contribution in [3.63, 3.8) is 0 Å². The van der Waals surface area contributed by atoms with E-state index in [1.54, 1.807) is 31.2 Å². The summed E-state index contributed by atoms with van der Waals surface area (Å²) < 4.78 is 23.1. The Morgan fingerprint density at radius 2 is 1.97 bits per heavy atom. The number of hydrogen-bond acceptors (Lipinski definition) is 4. The molecule has 0 saturated carbocycles. The smallest absolute Gasteiger partial charge is 0.265 e. The van der Waals surface area contributed by atoms with E-state index in [-0.39, 0.29) is 5.69 Å². The minimum Gasteiger partial charge on any atom is -0.481 e. The Labute approximate surface area is 182 Å². The topological polar surface area (TPSA) is 69.0 Å². The molecule has 4 rings (SSSR count). The highest BCUT2D eigenvalue weighted by Gasteiger charge is 2.20. The molecule has 0 saturated heterocycles. The van der Waals surface area contributed by atoms with Gasteiger partial charge in [-0.15, -0.1) is 10.2 Å². The maximum absolute atomic E-state index is 14.4. The summed E-state index contributed by atoms with van der Waals surface area (Å²) in [6.07, 6.45) is 3.41. The Bertz CT molecular complexity index is 1050. The van der Waals surface area contributed by atoms with Crippen molar-refractivity contribution in [2.45, 2.75) is 45.3 Å². The van der Waals surface area contributed by atoms with E-state index in [1.165, 1.54) is 6.07 Å². The summed E-state index contributed by atoms with van der Waals surface area (Å²) in [6.45, 7) is 2.46. The number of carbonyl (C=O) groups excluding carboxylic acids is 1. The van der Waals surface area contributed by atoms with Crippen molar-refractivity contribution in [1.29, 1.82) is 0 Å². The van der Waals surface area contributed by atoms with Crippen molar-refractivity contribution in [3.05, 3.63) is 58.6 Å². The Kier molecular flexibility index (Phi) is 6.13. The molecule has 30 heavy (non-hydrogen) atoms. The molecule has 0 aliphatic carbocycles. The minimum atomic E-state index is -0.793. The molecule has 2 aromatic carbocycles. The van der Waals surface area contributed by atoms with E-state index in [1.807, 2.05) is 12.1 Å². The lowest BCUT2D eigenvalue weighted by Gasteiger charge is -2.16. The molecule has 3 aromatic rings. The van der Waals surface area contributed by atoms with Crippen molar-refractivity contribution in [3.8, 4) is 17.1 Å². The SMILES string of the molecule is CC(Oc1ccc(Br)cc1)C(=O)Nc1cc(-c2nnc3n2CCCCC3)ccc1F. The van der Waals surface area contributed by atoms with Crippen LogP contribution in [0.4, 0.5) is 10.1 Å². The average molecular weight is 473 g/mol. The molecular formula is C22H22BrFN4O2. The zero-order chi connectivity index (χ0) is 21.1. The number of nitrogens with one attached hydrogen (secondary N) is 1. The van der Waals surface area contributed by atoms with E-state index in [2.05, 4.69) is 36.0 Å². The molecule has 1 amide bonds. The van der Waals surface area contributed by atoms with Gasteiger partial charge in [0.25, 0.3) is 5.91 Å². The molecule has 1 atom stereocenters. The van der Waals surface area contributed by atoms with E-state index in [0.29, 0.717) is 17.1 Å². The number of amides is 1. The van der Waals surface area contributed by atoms with Gasteiger partial charge < -0.3 is 14.6 Å². The number of rotatable bonds is 5. The molecule has 6 nitrogen and oxygen atoms in total.